The largest absolute Gasteiger partial charge is 0.375 e. The highest BCUT2D eigenvalue weighted by molar-refractivity contribution is 5.23. The second-order valence-corrected chi connectivity index (χ2v) is 6.79. The summed E-state index contributed by atoms with van der Waals surface area (Å²) in [5, 5.41) is 0. The molecule has 0 radical (unpaired) electrons. The molecule has 134 valence electrons. The maximum absolute atomic E-state index is 6.09. The predicted molar refractivity (Wildman–Crippen MR) is 100 cm³/mol. The molecule has 0 N–H and O–H groups in total. The van der Waals surface area contributed by atoms with E-state index in [9.17, 15) is 0 Å². The summed E-state index contributed by atoms with van der Waals surface area (Å²) < 4.78 is 8.23. The summed E-state index contributed by atoms with van der Waals surface area (Å²) in [6.45, 7) is 3.15. The number of benzene rings is 1. The number of ether oxygens (including phenoxy) is 1. The zero-order chi connectivity index (χ0) is 17.8. The van der Waals surface area contributed by atoms with Crippen LogP contribution in [0.4, 0.5) is 0 Å². The summed E-state index contributed by atoms with van der Waals surface area (Å²) in [6, 6.07) is 14.8. The van der Waals surface area contributed by atoms with Crippen molar-refractivity contribution < 1.29 is 4.74 Å². The third-order valence-corrected chi connectivity index (χ3v) is 4.95. The van der Waals surface area contributed by atoms with Crippen LogP contribution in [0.5, 0.6) is 0 Å². The number of imidazole rings is 1. The number of hydrogen-bond acceptors (Lipinski definition) is 4. The van der Waals surface area contributed by atoms with Gasteiger partial charge in [-0.3, -0.25) is 9.88 Å². The first-order valence-corrected chi connectivity index (χ1v) is 9.06. The molecule has 1 atom stereocenters. The number of aryl methyl sites for hydroxylation is 1. The van der Waals surface area contributed by atoms with Crippen molar-refractivity contribution in [3.63, 3.8) is 0 Å². The lowest BCUT2D eigenvalue weighted by molar-refractivity contribution is 0.0377. The number of aromatic nitrogens is 3. The minimum absolute atomic E-state index is 0.211. The number of pyridine rings is 1. The zero-order valence-corrected chi connectivity index (χ0v) is 15.1. The van der Waals surface area contributed by atoms with E-state index in [1.807, 2.05) is 24.7 Å². The van der Waals surface area contributed by atoms with E-state index in [-0.39, 0.29) is 6.04 Å². The van der Waals surface area contributed by atoms with Gasteiger partial charge in [0.2, 0.25) is 0 Å². The zero-order valence-electron chi connectivity index (χ0n) is 15.1. The Labute approximate surface area is 154 Å². The molecule has 0 saturated heterocycles. The molecule has 0 amide bonds. The number of nitrogens with zero attached hydrogens (tertiary/aromatic N) is 4. The summed E-state index contributed by atoms with van der Waals surface area (Å²) in [7, 11) is 2.08. The Bertz CT molecular complexity index is 832. The minimum Gasteiger partial charge on any atom is -0.375 e. The van der Waals surface area contributed by atoms with Crippen molar-refractivity contribution in [3.8, 4) is 0 Å². The van der Waals surface area contributed by atoms with Gasteiger partial charge in [-0.2, -0.15) is 0 Å². The van der Waals surface area contributed by atoms with Crippen molar-refractivity contribution in [1.29, 1.82) is 0 Å². The molecule has 4 rings (SSSR count). The molecular weight excluding hydrogens is 324 g/mol. The second kappa shape index (κ2) is 7.81. The highest BCUT2D eigenvalue weighted by atomic mass is 16.5. The average Bonchev–Trinajstić information content (AvgIpc) is 3.06. The molecule has 0 spiro atoms. The van der Waals surface area contributed by atoms with Crippen LogP contribution in [0.15, 0.2) is 61.2 Å². The van der Waals surface area contributed by atoms with E-state index in [1.54, 1.807) is 6.20 Å². The maximum atomic E-state index is 6.09. The Morgan fingerprint density at radius 2 is 1.96 bits per heavy atom. The summed E-state index contributed by atoms with van der Waals surface area (Å²) in [4.78, 5) is 11.2. The summed E-state index contributed by atoms with van der Waals surface area (Å²) in [5.41, 5.74) is 4.91. The van der Waals surface area contributed by atoms with E-state index >= 15 is 0 Å². The van der Waals surface area contributed by atoms with E-state index in [0.29, 0.717) is 13.2 Å². The molecule has 3 aromatic rings. The van der Waals surface area contributed by atoms with Crippen molar-refractivity contribution >= 4 is 0 Å². The Morgan fingerprint density at radius 1 is 1.12 bits per heavy atom. The van der Waals surface area contributed by atoms with Gasteiger partial charge in [-0.25, -0.2) is 4.98 Å². The molecule has 0 fully saturated rings. The normalized spacial score (nSPS) is 17.2. The molecule has 1 aromatic carbocycles. The van der Waals surface area contributed by atoms with Crippen molar-refractivity contribution in [2.75, 3.05) is 13.2 Å². The fourth-order valence-corrected chi connectivity index (χ4v) is 3.65. The average molecular weight is 348 g/mol. The van der Waals surface area contributed by atoms with E-state index in [1.165, 1.54) is 17.0 Å². The molecule has 2 aromatic heterocycles. The van der Waals surface area contributed by atoms with Crippen LogP contribution in [0.3, 0.4) is 0 Å². The van der Waals surface area contributed by atoms with Crippen molar-refractivity contribution in [2.24, 2.45) is 7.05 Å². The van der Waals surface area contributed by atoms with Crippen LogP contribution in [0.25, 0.3) is 0 Å². The Kier molecular flexibility index (Phi) is 5.09. The first kappa shape index (κ1) is 16.9. The van der Waals surface area contributed by atoms with Gasteiger partial charge in [-0.15, -0.1) is 0 Å². The highest BCUT2D eigenvalue weighted by Crippen LogP contribution is 2.30. The smallest absolute Gasteiger partial charge is 0.0949 e. The van der Waals surface area contributed by atoms with Gasteiger partial charge in [0.1, 0.15) is 0 Å². The van der Waals surface area contributed by atoms with E-state index in [4.69, 9.17) is 4.74 Å². The molecule has 1 aliphatic heterocycles. The monoisotopic (exact) mass is 348 g/mol. The molecule has 26 heavy (non-hydrogen) atoms. The van der Waals surface area contributed by atoms with Crippen LogP contribution in [-0.2, 0) is 31.4 Å². The van der Waals surface area contributed by atoms with Gasteiger partial charge in [0.25, 0.3) is 0 Å². The van der Waals surface area contributed by atoms with Crippen LogP contribution < -0.4 is 0 Å². The van der Waals surface area contributed by atoms with Crippen molar-refractivity contribution in [1.82, 2.24) is 19.4 Å². The molecule has 3 heterocycles. The lowest BCUT2D eigenvalue weighted by Crippen LogP contribution is -2.38. The molecule has 0 unspecified atom stereocenters. The third kappa shape index (κ3) is 3.69. The third-order valence-electron chi connectivity index (χ3n) is 4.95. The predicted octanol–water partition coefficient (Wildman–Crippen LogP) is 3.13. The molecule has 0 saturated carbocycles. The molecule has 5 nitrogen and oxygen atoms in total. The van der Waals surface area contributed by atoms with Gasteiger partial charge >= 0.3 is 0 Å². The quantitative estimate of drug-likeness (QED) is 0.686. The SMILES string of the molecule is Cn1cnc2c1[C@@H](COCc1cccnc1)N(Cc1ccccc1)CC2. The fraction of sp³-hybridized carbons (Fsp3) is 0.333. The van der Waals surface area contributed by atoms with Gasteiger partial charge in [-0.1, -0.05) is 36.4 Å². The summed E-state index contributed by atoms with van der Waals surface area (Å²) >= 11 is 0. The second-order valence-electron chi connectivity index (χ2n) is 6.79. The Hall–Kier alpha value is -2.50. The van der Waals surface area contributed by atoms with Crippen LogP contribution in [0, 0.1) is 0 Å². The van der Waals surface area contributed by atoms with Crippen molar-refractivity contribution in [3.05, 3.63) is 83.7 Å². The van der Waals surface area contributed by atoms with Gasteiger partial charge in [0, 0.05) is 39.0 Å². The first-order valence-electron chi connectivity index (χ1n) is 9.06. The lowest BCUT2D eigenvalue weighted by atomic mass is 10.0. The van der Waals surface area contributed by atoms with E-state index < -0.39 is 0 Å². The topological polar surface area (TPSA) is 43.2 Å². The summed E-state index contributed by atoms with van der Waals surface area (Å²) in [6.07, 6.45) is 6.55. The van der Waals surface area contributed by atoms with Crippen LogP contribution in [-0.4, -0.2) is 32.6 Å². The highest BCUT2D eigenvalue weighted by Gasteiger charge is 2.30. The maximum Gasteiger partial charge on any atom is 0.0949 e. The van der Waals surface area contributed by atoms with Crippen molar-refractivity contribution in [2.45, 2.75) is 25.6 Å². The number of hydrogen-bond donors (Lipinski definition) is 0. The Balaban J connectivity index is 1.50. The van der Waals surface area contributed by atoms with Gasteiger partial charge in [0.05, 0.1) is 37.0 Å². The number of rotatable bonds is 6. The Morgan fingerprint density at radius 3 is 2.77 bits per heavy atom. The molecular formula is C21H24N4O. The molecule has 5 heteroatoms. The van der Waals surface area contributed by atoms with Gasteiger partial charge in [0.15, 0.2) is 0 Å². The minimum atomic E-state index is 0.211. The standard InChI is InChI=1S/C21H24N4O/c1-24-16-23-19-9-11-25(13-17-6-3-2-4-7-17)20(21(19)24)15-26-14-18-8-5-10-22-12-18/h2-8,10,12,16,20H,9,11,13-15H2,1H3/t20-/m1/s1. The van der Waals surface area contributed by atoms with Crippen LogP contribution in [0.2, 0.25) is 0 Å². The summed E-state index contributed by atoms with van der Waals surface area (Å²) in [5.74, 6) is 0. The van der Waals surface area contributed by atoms with Gasteiger partial charge in [-0.05, 0) is 17.2 Å². The molecule has 0 aliphatic carbocycles. The first-order chi connectivity index (χ1) is 12.8. The van der Waals surface area contributed by atoms with Gasteiger partial charge < -0.3 is 9.30 Å². The number of fused-ring (bicyclic) bond motifs is 1. The molecule has 0 bridgehead atoms. The fourth-order valence-electron chi connectivity index (χ4n) is 3.65. The van der Waals surface area contributed by atoms with E-state index in [2.05, 4.69) is 56.8 Å². The lowest BCUT2D eigenvalue weighted by Gasteiger charge is -2.36. The molecule has 1 aliphatic rings. The van der Waals surface area contributed by atoms with Crippen LogP contribution >= 0.6 is 0 Å². The van der Waals surface area contributed by atoms with Crippen LogP contribution in [0.1, 0.15) is 28.6 Å². The van der Waals surface area contributed by atoms with E-state index in [0.717, 1.165) is 25.1 Å².